The van der Waals surface area contributed by atoms with Crippen molar-refractivity contribution in [1.82, 2.24) is 9.47 Å². The predicted molar refractivity (Wildman–Crippen MR) is 115 cm³/mol. The molecule has 150 valence electrons. The van der Waals surface area contributed by atoms with Crippen LogP contribution in [0.25, 0.3) is 10.9 Å². The number of amides is 1. The number of alkyl halides is 1. The number of methoxy groups -OCH3 is 1. The molecule has 6 nitrogen and oxygen atoms in total. The van der Waals surface area contributed by atoms with E-state index in [2.05, 4.69) is 15.9 Å². The largest absolute Gasteiger partial charge is 0.465 e. The average molecular weight is 478 g/mol. The van der Waals surface area contributed by atoms with Gasteiger partial charge in [0.1, 0.15) is 0 Å². The Kier molecular flexibility index (Phi) is 6.10. The van der Waals surface area contributed by atoms with Crippen LogP contribution in [0.4, 0.5) is 4.79 Å². The second-order valence-corrected chi connectivity index (χ2v) is 7.77. The highest BCUT2D eigenvalue weighted by atomic mass is 79.9. The van der Waals surface area contributed by atoms with Crippen LogP contribution in [0.2, 0.25) is 0 Å². The van der Waals surface area contributed by atoms with E-state index in [-0.39, 0.29) is 22.9 Å². The predicted octanol–water partition coefficient (Wildman–Crippen LogP) is 4.69. The number of esters is 1. The molecule has 0 bridgehead atoms. The average Bonchev–Trinajstić information content (AvgIpc) is 3.10. The van der Waals surface area contributed by atoms with Crippen molar-refractivity contribution in [2.75, 3.05) is 21.2 Å². The molecule has 0 saturated heterocycles. The Morgan fingerprint density at radius 3 is 2.31 bits per heavy atom. The van der Waals surface area contributed by atoms with Crippen molar-refractivity contribution in [2.24, 2.45) is 0 Å². The third kappa shape index (κ3) is 3.93. The van der Waals surface area contributed by atoms with Crippen LogP contribution in [0.5, 0.6) is 0 Å². The summed E-state index contributed by atoms with van der Waals surface area (Å²) in [6, 6.07) is 9.80. The number of benzene rings is 2. The first kappa shape index (κ1) is 21.1. The van der Waals surface area contributed by atoms with E-state index in [9.17, 15) is 14.4 Å². The molecule has 0 spiro atoms. The molecule has 3 aromatic rings. The summed E-state index contributed by atoms with van der Waals surface area (Å²) in [5.74, 6) is -0.571. The number of hydrogen-bond donors (Lipinski definition) is 0. The summed E-state index contributed by atoms with van der Waals surface area (Å²) in [4.78, 5) is 39.8. The Balaban J connectivity index is 2.31. The van der Waals surface area contributed by atoms with Gasteiger partial charge in [-0.15, -0.1) is 11.6 Å². The van der Waals surface area contributed by atoms with Gasteiger partial charge in [0.2, 0.25) is 0 Å². The van der Waals surface area contributed by atoms with Crippen molar-refractivity contribution >= 4 is 56.2 Å². The van der Waals surface area contributed by atoms with Gasteiger partial charge in [0.05, 0.1) is 18.2 Å². The number of rotatable bonds is 4. The number of nitrogens with zero attached hydrogens (tertiary/aromatic N) is 2. The SMILES string of the molecule is COC(=O)c1cc(Br)cc2c1c(C(=O)c1ccc(CCl)cc1)cn2C(=O)N(C)C. The van der Waals surface area contributed by atoms with Crippen molar-refractivity contribution in [3.8, 4) is 0 Å². The van der Waals surface area contributed by atoms with Crippen molar-refractivity contribution in [3.05, 3.63) is 69.3 Å². The quantitative estimate of drug-likeness (QED) is 0.311. The van der Waals surface area contributed by atoms with E-state index in [1.807, 2.05) is 0 Å². The fraction of sp³-hybridized carbons (Fsp3) is 0.190. The second kappa shape index (κ2) is 8.39. The van der Waals surface area contributed by atoms with Crippen LogP contribution in [-0.4, -0.2) is 48.5 Å². The fourth-order valence-electron chi connectivity index (χ4n) is 3.05. The smallest absolute Gasteiger partial charge is 0.338 e. The van der Waals surface area contributed by atoms with Gasteiger partial charge < -0.3 is 9.64 Å². The van der Waals surface area contributed by atoms with E-state index in [1.165, 1.54) is 22.8 Å². The van der Waals surface area contributed by atoms with Crippen molar-refractivity contribution in [3.63, 3.8) is 0 Å². The van der Waals surface area contributed by atoms with E-state index in [0.717, 1.165) is 5.56 Å². The molecule has 1 aromatic heterocycles. The van der Waals surface area contributed by atoms with Crippen LogP contribution >= 0.6 is 27.5 Å². The Bertz CT molecular complexity index is 1120. The van der Waals surface area contributed by atoms with E-state index in [1.54, 1.807) is 50.5 Å². The molecule has 0 unspecified atom stereocenters. The summed E-state index contributed by atoms with van der Waals surface area (Å²) in [5, 5.41) is 0.363. The van der Waals surface area contributed by atoms with Gasteiger partial charge >= 0.3 is 12.0 Å². The lowest BCUT2D eigenvalue weighted by Gasteiger charge is -2.12. The minimum absolute atomic E-state index is 0.197. The van der Waals surface area contributed by atoms with E-state index in [0.29, 0.717) is 26.8 Å². The highest BCUT2D eigenvalue weighted by molar-refractivity contribution is 9.10. The lowest BCUT2D eigenvalue weighted by molar-refractivity contribution is 0.0603. The number of aromatic nitrogens is 1. The highest BCUT2D eigenvalue weighted by Crippen LogP contribution is 2.31. The zero-order valence-electron chi connectivity index (χ0n) is 16.0. The molecule has 2 aromatic carbocycles. The van der Waals surface area contributed by atoms with Crippen molar-refractivity contribution in [1.29, 1.82) is 0 Å². The molecule has 0 fully saturated rings. The maximum atomic E-state index is 13.3. The summed E-state index contributed by atoms with van der Waals surface area (Å²) >= 11 is 9.19. The normalized spacial score (nSPS) is 10.8. The summed E-state index contributed by atoms with van der Waals surface area (Å²) in [7, 11) is 4.49. The molecule has 0 aliphatic carbocycles. The Morgan fingerprint density at radius 2 is 1.76 bits per heavy atom. The van der Waals surface area contributed by atoms with E-state index in [4.69, 9.17) is 16.3 Å². The number of ketones is 1. The highest BCUT2D eigenvalue weighted by Gasteiger charge is 2.25. The molecule has 0 saturated carbocycles. The third-order valence-corrected chi connectivity index (χ3v) is 5.24. The molecule has 0 N–H and O–H groups in total. The van der Waals surface area contributed by atoms with Crippen LogP contribution in [0.1, 0.15) is 31.8 Å². The minimum Gasteiger partial charge on any atom is -0.465 e. The van der Waals surface area contributed by atoms with Crippen molar-refractivity contribution in [2.45, 2.75) is 5.88 Å². The summed E-state index contributed by atoms with van der Waals surface area (Å²) in [6.45, 7) is 0. The van der Waals surface area contributed by atoms with Crippen LogP contribution < -0.4 is 0 Å². The van der Waals surface area contributed by atoms with E-state index < -0.39 is 5.97 Å². The monoisotopic (exact) mass is 476 g/mol. The van der Waals surface area contributed by atoms with Gasteiger partial charge in [-0.1, -0.05) is 40.2 Å². The lowest BCUT2D eigenvalue weighted by Crippen LogP contribution is -2.26. The maximum Gasteiger partial charge on any atom is 0.338 e. The first-order valence-corrected chi connectivity index (χ1v) is 9.95. The van der Waals surface area contributed by atoms with Crippen LogP contribution in [0, 0.1) is 0 Å². The van der Waals surface area contributed by atoms with E-state index >= 15 is 0 Å². The number of halogens is 2. The first-order chi connectivity index (χ1) is 13.8. The van der Waals surface area contributed by atoms with Crippen LogP contribution in [0.15, 0.2) is 47.1 Å². The molecule has 1 amide bonds. The molecule has 29 heavy (non-hydrogen) atoms. The number of hydrogen-bond acceptors (Lipinski definition) is 4. The summed E-state index contributed by atoms with van der Waals surface area (Å²) < 4.78 is 6.84. The Morgan fingerprint density at radius 1 is 1.10 bits per heavy atom. The molecule has 1 heterocycles. The Labute approximate surface area is 181 Å². The summed E-state index contributed by atoms with van der Waals surface area (Å²) in [5.41, 5.74) is 2.17. The van der Waals surface area contributed by atoms with Gasteiger partial charge in [0.15, 0.2) is 5.78 Å². The summed E-state index contributed by atoms with van der Waals surface area (Å²) in [6.07, 6.45) is 1.46. The van der Waals surface area contributed by atoms with Gasteiger partial charge in [-0.2, -0.15) is 0 Å². The van der Waals surface area contributed by atoms with Gasteiger partial charge in [-0.25, -0.2) is 9.59 Å². The zero-order valence-corrected chi connectivity index (χ0v) is 18.4. The Hall–Kier alpha value is -2.64. The van der Waals surface area contributed by atoms with Gasteiger partial charge in [-0.05, 0) is 17.7 Å². The number of ether oxygens (including phenoxy) is 1. The third-order valence-electron chi connectivity index (χ3n) is 4.48. The first-order valence-electron chi connectivity index (χ1n) is 8.62. The zero-order chi connectivity index (χ0) is 21.3. The lowest BCUT2D eigenvalue weighted by atomic mass is 9.99. The number of carbonyl (C=O) groups excluding carboxylic acids is 3. The number of carbonyl (C=O) groups is 3. The van der Waals surface area contributed by atoms with Crippen LogP contribution in [0.3, 0.4) is 0 Å². The topological polar surface area (TPSA) is 68.6 Å². The molecular weight excluding hydrogens is 460 g/mol. The maximum absolute atomic E-state index is 13.3. The van der Waals surface area contributed by atoms with Gasteiger partial charge in [-0.3, -0.25) is 9.36 Å². The van der Waals surface area contributed by atoms with Gasteiger partial charge in [0, 0.05) is 47.2 Å². The fourth-order valence-corrected chi connectivity index (χ4v) is 3.67. The molecular formula is C21H18BrClN2O4. The molecule has 3 rings (SSSR count). The molecule has 0 aliphatic rings. The molecule has 0 atom stereocenters. The minimum atomic E-state index is -0.599. The van der Waals surface area contributed by atoms with Crippen LogP contribution in [-0.2, 0) is 10.6 Å². The second-order valence-electron chi connectivity index (χ2n) is 6.59. The van der Waals surface area contributed by atoms with Gasteiger partial charge in [0.25, 0.3) is 0 Å². The number of fused-ring (bicyclic) bond motifs is 1. The molecule has 8 heteroatoms. The molecule has 0 radical (unpaired) electrons. The van der Waals surface area contributed by atoms with Crippen molar-refractivity contribution < 1.29 is 19.1 Å². The standard InChI is InChI=1S/C21H18BrClN2O4/c1-24(2)21(28)25-11-16(19(26)13-6-4-12(10-23)5-7-13)18-15(20(27)29-3)8-14(22)9-17(18)25/h4-9,11H,10H2,1-3H3. The molecule has 0 aliphatic heterocycles.